The summed E-state index contributed by atoms with van der Waals surface area (Å²) < 4.78 is 5.09. The minimum atomic E-state index is -0.355. The van der Waals surface area contributed by atoms with Crippen LogP contribution in [0.25, 0.3) is 6.08 Å². The van der Waals surface area contributed by atoms with E-state index >= 15 is 0 Å². The van der Waals surface area contributed by atoms with E-state index < -0.39 is 0 Å². The number of carbonyl (C=O) groups is 2. The third-order valence-corrected chi connectivity index (χ3v) is 4.86. The van der Waals surface area contributed by atoms with Crippen LogP contribution >= 0.6 is 0 Å². The first kappa shape index (κ1) is 20.2. The number of methoxy groups -OCH3 is 1. The van der Waals surface area contributed by atoms with Gasteiger partial charge in [0.2, 0.25) is 0 Å². The van der Waals surface area contributed by atoms with Crippen LogP contribution in [-0.2, 0) is 4.79 Å². The molecule has 2 amide bonds. The van der Waals surface area contributed by atoms with Crippen LogP contribution in [0.4, 0.5) is 5.69 Å². The smallest absolute Gasteiger partial charge is 0.262 e. The Morgan fingerprint density at radius 1 is 1.14 bits per heavy atom. The molecule has 2 aromatic rings. The number of nitrogens with one attached hydrogen (secondary N) is 2. The number of nitriles is 1. The summed E-state index contributed by atoms with van der Waals surface area (Å²) in [6.07, 6.45) is 5.65. The fraction of sp³-hybridized carbons (Fsp3) is 0.261. The average molecular weight is 389 g/mol. The van der Waals surface area contributed by atoms with Gasteiger partial charge in [-0.2, -0.15) is 5.26 Å². The molecule has 0 aliphatic heterocycles. The lowest BCUT2D eigenvalue weighted by molar-refractivity contribution is -0.117. The quantitative estimate of drug-likeness (QED) is 0.579. The Labute approximate surface area is 170 Å². The lowest BCUT2D eigenvalue weighted by atomic mass is 10.1. The van der Waals surface area contributed by atoms with Crippen LogP contribution in [0.15, 0.2) is 54.1 Å². The monoisotopic (exact) mass is 389 g/mol. The molecule has 6 heteroatoms. The molecule has 29 heavy (non-hydrogen) atoms. The van der Waals surface area contributed by atoms with Gasteiger partial charge in [0.25, 0.3) is 11.8 Å². The van der Waals surface area contributed by atoms with Gasteiger partial charge in [-0.15, -0.1) is 0 Å². The molecule has 1 aliphatic rings. The highest BCUT2D eigenvalue weighted by Gasteiger charge is 2.19. The van der Waals surface area contributed by atoms with E-state index in [1.54, 1.807) is 55.6 Å². The van der Waals surface area contributed by atoms with Crippen molar-refractivity contribution in [2.24, 2.45) is 0 Å². The summed E-state index contributed by atoms with van der Waals surface area (Å²) in [6, 6.07) is 15.9. The number of hydrogen-bond acceptors (Lipinski definition) is 4. The van der Waals surface area contributed by atoms with Gasteiger partial charge in [-0.3, -0.25) is 9.59 Å². The molecule has 0 aromatic heterocycles. The van der Waals surface area contributed by atoms with Gasteiger partial charge < -0.3 is 15.4 Å². The minimum absolute atomic E-state index is 0.0514. The van der Waals surface area contributed by atoms with Crippen molar-refractivity contribution in [1.82, 2.24) is 5.32 Å². The number of benzene rings is 2. The Hall–Kier alpha value is -3.59. The molecule has 0 heterocycles. The van der Waals surface area contributed by atoms with E-state index in [9.17, 15) is 14.9 Å². The fourth-order valence-corrected chi connectivity index (χ4v) is 3.30. The number of amides is 2. The van der Waals surface area contributed by atoms with E-state index in [4.69, 9.17) is 4.74 Å². The molecule has 0 bridgehead atoms. The number of nitrogens with zero attached hydrogens (tertiary/aromatic N) is 1. The second-order valence-electron chi connectivity index (χ2n) is 6.93. The molecule has 0 radical (unpaired) electrons. The highest BCUT2D eigenvalue weighted by atomic mass is 16.5. The van der Waals surface area contributed by atoms with Crippen molar-refractivity contribution < 1.29 is 14.3 Å². The zero-order valence-electron chi connectivity index (χ0n) is 16.3. The Morgan fingerprint density at radius 3 is 2.52 bits per heavy atom. The van der Waals surface area contributed by atoms with Crippen molar-refractivity contribution in [3.05, 3.63) is 65.2 Å². The standard InChI is InChI=1S/C23H23N3O3/c1-29-21-11-9-17(10-12-21)22(27)26-20-8-4-5-16(14-20)13-18(15-24)23(28)25-19-6-2-3-7-19/h4-5,8-14,19H,2-3,6-7H2,1H3,(H,25,28)(H,26,27)/b18-13+. The summed E-state index contributed by atoms with van der Waals surface area (Å²) in [6.45, 7) is 0. The third-order valence-electron chi connectivity index (χ3n) is 4.86. The second kappa shape index (κ2) is 9.56. The largest absolute Gasteiger partial charge is 0.497 e. The zero-order chi connectivity index (χ0) is 20.6. The van der Waals surface area contributed by atoms with Crippen LogP contribution in [-0.4, -0.2) is 25.0 Å². The lowest BCUT2D eigenvalue weighted by Crippen LogP contribution is -2.33. The molecule has 1 aliphatic carbocycles. The number of carbonyl (C=O) groups excluding carboxylic acids is 2. The van der Waals surface area contributed by atoms with Crippen LogP contribution in [0, 0.1) is 11.3 Å². The Morgan fingerprint density at radius 2 is 1.86 bits per heavy atom. The molecule has 0 spiro atoms. The Kier molecular flexibility index (Phi) is 6.64. The van der Waals surface area contributed by atoms with Crippen LogP contribution in [0.1, 0.15) is 41.6 Å². The van der Waals surface area contributed by atoms with Gasteiger partial charge in [0, 0.05) is 17.3 Å². The highest BCUT2D eigenvalue weighted by Crippen LogP contribution is 2.19. The maximum Gasteiger partial charge on any atom is 0.262 e. The maximum absolute atomic E-state index is 12.4. The van der Waals surface area contributed by atoms with Crippen molar-refractivity contribution in [1.29, 1.82) is 5.26 Å². The predicted molar refractivity (Wildman–Crippen MR) is 111 cm³/mol. The average Bonchev–Trinajstić information content (AvgIpc) is 3.25. The second-order valence-corrected chi connectivity index (χ2v) is 6.93. The summed E-state index contributed by atoms with van der Waals surface area (Å²) in [7, 11) is 1.57. The van der Waals surface area contributed by atoms with E-state index in [2.05, 4.69) is 10.6 Å². The van der Waals surface area contributed by atoms with Gasteiger partial charge in [0.05, 0.1) is 7.11 Å². The van der Waals surface area contributed by atoms with E-state index in [1.165, 1.54) is 6.08 Å². The minimum Gasteiger partial charge on any atom is -0.497 e. The molecule has 0 atom stereocenters. The normalized spacial score (nSPS) is 14.1. The molecule has 0 saturated heterocycles. The summed E-state index contributed by atoms with van der Waals surface area (Å²) in [5.41, 5.74) is 1.79. The third kappa shape index (κ3) is 5.45. The van der Waals surface area contributed by atoms with Crippen LogP contribution in [0.3, 0.4) is 0 Å². The van der Waals surface area contributed by atoms with E-state index in [0.29, 0.717) is 22.6 Å². The van der Waals surface area contributed by atoms with Gasteiger partial charge in [-0.05, 0) is 60.9 Å². The van der Waals surface area contributed by atoms with Crippen LogP contribution in [0.5, 0.6) is 5.75 Å². The fourth-order valence-electron chi connectivity index (χ4n) is 3.30. The lowest BCUT2D eigenvalue weighted by Gasteiger charge is -2.11. The molecule has 3 rings (SSSR count). The molecule has 0 unspecified atom stereocenters. The zero-order valence-corrected chi connectivity index (χ0v) is 16.3. The maximum atomic E-state index is 12.4. The van der Waals surface area contributed by atoms with Crippen molar-refractivity contribution in [2.45, 2.75) is 31.7 Å². The van der Waals surface area contributed by atoms with E-state index in [-0.39, 0.29) is 23.4 Å². The SMILES string of the molecule is COc1ccc(C(=O)Nc2cccc(/C=C(\C#N)C(=O)NC3CCCC3)c2)cc1. The molecule has 2 N–H and O–H groups in total. The van der Waals surface area contributed by atoms with E-state index in [0.717, 1.165) is 25.7 Å². The van der Waals surface area contributed by atoms with E-state index in [1.807, 2.05) is 6.07 Å². The highest BCUT2D eigenvalue weighted by molar-refractivity contribution is 6.05. The van der Waals surface area contributed by atoms with Crippen molar-refractivity contribution in [3.63, 3.8) is 0 Å². The molecular formula is C23H23N3O3. The number of anilines is 1. The number of ether oxygens (including phenoxy) is 1. The van der Waals surface area contributed by atoms with Gasteiger partial charge in [0.1, 0.15) is 17.4 Å². The predicted octanol–water partition coefficient (Wildman–Crippen LogP) is 3.91. The van der Waals surface area contributed by atoms with Crippen molar-refractivity contribution in [2.75, 3.05) is 12.4 Å². The number of rotatable bonds is 6. The van der Waals surface area contributed by atoms with Crippen LogP contribution < -0.4 is 15.4 Å². The first-order chi connectivity index (χ1) is 14.1. The summed E-state index contributed by atoms with van der Waals surface area (Å²) >= 11 is 0. The molecular weight excluding hydrogens is 366 g/mol. The first-order valence-electron chi connectivity index (χ1n) is 9.57. The van der Waals surface area contributed by atoms with Crippen molar-refractivity contribution >= 4 is 23.6 Å². The summed E-state index contributed by atoms with van der Waals surface area (Å²) in [5.74, 6) is 0.0638. The molecule has 1 saturated carbocycles. The molecule has 148 valence electrons. The Bertz CT molecular complexity index is 952. The van der Waals surface area contributed by atoms with Crippen molar-refractivity contribution in [3.8, 4) is 11.8 Å². The van der Waals surface area contributed by atoms with Gasteiger partial charge >= 0.3 is 0 Å². The van der Waals surface area contributed by atoms with Crippen LogP contribution in [0.2, 0.25) is 0 Å². The summed E-state index contributed by atoms with van der Waals surface area (Å²) in [4.78, 5) is 24.8. The van der Waals surface area contributed by atoms with Gasteiger partial charge in [-0.25, -0.2) is 0 Å². The van der Waals surface area contributed by atoms with Gasteiger partial charge in [-0.1, -0.05) is 25.0 Å². The topological polar surface area (TPSA) is 91.2 Å². The summed E-state index contributed by atoms with van der Waals surface area (Å²) in [5, 5.41) is 15.1. The molecule has 1 fully saturated rings. The number of hydrogen-bond donors (Lipinski definition) is 2. The Balaban J connectivity index is 1.70. The molecule has 6 nitrogen and oxygen atoms in total. The first-order valence-corrected chi connectivity index (χ1v) is 9.57. The molecule has 2 aromatic carbocycles. The van der Waals surface area contributed by atoms with Gasteiger partial charge in [0.15, 0.2) is 0 Å².